The number of hydrogen-bond donors (Lipinski definition) is 1. The number of nitrogens with one attached hydrogen (secondary N) is 1. The minimum absolute atomic E-state index is 0.0256. The monoisotopic (exact) mass is 392 g/mol. The van der Waals surface area contributed by atoms with Gasteiger partial charge in [-0.15, -0.1) is 0 Å². The van der Waals surface area contributed by atoms with Crippen LogP contribution in [0.4, 0.5) is 0 Å². The average Bonchev–Trinajstić information content (AvgIpc) is 3.44. The maximum atomic E-state index is 13.2. The molecule has 2 aromatic carbocycles. The molecule has 0 aliphatic carbocycles. The topological polar surface area (TPSA) is 80.3 Å². The summed E-state index contributed by atoms with van der Waals surface area (Å²) in [6.45, 7) is 1.64. The molecule has 150 valence electrons. The fourth-order valence-electron chi connectivity index (χ4n) is 3.56. The van der Waals surface area contributed by atoms with Crippen molar-refractivity contribution in [3.05, 3.63) is 66.0 Å². The van der Waals surface area contributed by atoms with E-state index in [0.29, 0.717) is 36.9 Å². The molecule has 0 unspecified atom stereocenters. The normalized spacial score (nSPS) is 16.2. The Morgan fingerprint density at radius 2 is 2.03 bits per heavy atom. The summed E-state index contributed by atoms with van der Waals surface area (Å²) in [5.74, 6) is 2.01. The summed E-state index contributed by atoms with van der Waals surface area (Å²) in [6, 6.07) is 17.0. The van der Waals surface area contributed by atoms with E-state index in [1.54, 1.807) is 13.2 Å². The number of nitrogens with zero attached hydrogens (tertiary/aromatic N) is 3. The molecule has 1 aliphatic rings. The number of aromatic nitrogens is 3. The summed E-state index contributed by atoms with van der Waals surface area (Å²) in [5.41, 5.74) is 1.56. The molecule has 3 aromatic rings. The largest absolute Gasteiger partial charge is 0.491 e. The molecule has 1 aliphatic heterocycles. The molecule has 29 heavy (non-hydrogen) atoms. The van der Waals surface area contributed by atoms with Crippen molar-refractivity contribution in [2.75, 3.05) is 26.9 Å². The van der Waals surface area contributed by atoms with E-state index in [4.69, 9.17) is 9.47 Å². The molecule has 1 amide bonds. The van der Waals surface area contributed by atoms with Crippen molar-refractivity contribution in [3.8, 4) is 17.1 Å². The van der Waals surface area contributed by atoms with Crippen LogP contribution in [0.2, 0.25) is 0 Å². The maximum absolute atomic E-state index is 13.2. The third-order valence-electron chi connectivity index (χ3n) is 5.00. The van der Waals surface area contributed by atoms with Gasteiger partial charge in [0.05, 0.1) is 12.6 Å². The predicted molar refractivity (Wildman–Crippen MR) is 109 cm³/mol. The van der Waals surface area contributed by atoms with Crippen molar-refractivity contribution in [1.29, 1.82) is 0 Å². The lowest BCUT2D eigenvalue weighted by Gasteiger charge is -2.23. The lowest BCUT2D eigenvalue weighted by Crippen LogP contribution is -2.31. The number of benzene rings is 2. The summed E-state index contributed by atoms with van der Waals surface area (Å²) < 4.78 is 10.6. The summed E-state index contributed by atoms with van der Waals surface area (Å²) in [6.07, 6.45) is 1.79. The Labute approximate surface area is 169 Å². The number of aromatic amines is 1. The highest BCUT2D eigenvalue weighted by Crippen LogP contribution is 2.32. The molecule has 1 atom stereocenters. The average molecular weight is 392 g/mol. The van der Waals surface area contributed by atoms with Gasteiger partial charge >= 0.3 is 0 Å². The van der Waals surface area contributed by atoms with Crippen molar-refractivity contribution >= 4 is 5.91 Å². The summed E-state index contributed by atoms with van der Waals surface area (Å²) in [5, 5.41) is 7.38. The number of carbonyl (C=O) groups is 1. The van der Waals surface area contributed by atoms with Crippen LogP contribution in [0.15, 0.2) is 54.6 Å². The standard InChI is InChI=1S/C22H24N4O3/c1-28-13-14-29-18-10-5-9-17(15-18)22(27)26-12-6-11-19(26)21-23-20(24-25-21)16-7-3-2-4-8-16/h2-5,7-10,15,19H,6,11-14H2,1H3,(H,23,24,25)/t19-/m1/s1. The Bertz CT molecular complexity index is 957. The van der Waals surface area contributed by atoms with E-state index in [1.807, 2.05) is 53.4 Å². The van der Waals surface area contributed by atoms with Gasteiger partial charge in [0.1, 0.15) is 18.2 Å². The van der Waals surface area contributed by atoms with E-state index >= 15 is 0 Å². The number of rotatable bonds is 7. The van der Waals surface area contributed by atoms with Gasteiger partial charge in [0, 0.05) is 24.8 Å². The Kier molecular flexibility index (Phi) is 5.86. The molecule has 4 rings (SSSR count). The van der Waals surface area contributed by atoms with Crippen LogP contribution in [0.25, 0.3) is 11.4 Å². The van der Waals surface area contributed by atoms with E-state index < -0.39 is 0 Å². The number of H-pyrrole nitrogens is 1. The minimum Gasteiger partial charge on any atom is -0.491 e. The second-order valence-electron chi connectivity index (χ2n) is 6.94. The number of ether oxygens (including phenoxy) is 2. The summed E-state index contributed by atoms with van der Waals surface area (Å²) in [4.78, 5) is 19.7. The zero-order valence-electron chi connectivity index (χ0n) is 16.4. The molecule has 0 radical (unpaired) electrons. The number of hydrogen-bond acceptors (Lipinski definition) is 5. The van der Waals surface area contributed by atoms with Crippen molar-refractivity contribution in [1.82, 2.24) is 20.1 Å². The van der Waals surface area contributed by atoms with Crippen LogP contribution >= 0.6 is 0 Å². The fraction of sp³-hybridized carbons (Fsp3) is 0.318. The minimum atomic E-state index is -0.106. The highest BCUT2D eigenvalue weighted by Gasteiger charge is 2.33. The van der Waals surface area contributed by atoms with Crippen molar-refractivity contribution in [2.45, 2.75) is 18.9 Å². The van der Waals surface area contributed by atoms with E-state index in [9.17, 15) is 4.79 Å². The number of methoxy groups -OCH3 is 1. The number of likely N-dealkylation sites (tertiary alicyclic amines) is 1. The Balaban J connectivity index is 1.51. The molecule has 0 saturated carbocycles. The van der Waals surface area contributed by atoms with E-state index in [0.717, 1.165) is 24.2 Å². The highest BCUT2D eigenvalue weighted by atomic mass is 16.5. The molecular weight excluding hydrogens is 368 g/mol. The van der Waals surface area contributed by atoms with Crippen LogP contribution in [0.1, 0.15) is 35.1 Å². The molecule has 1 aromatic heterocycles. The first-order valence-corrected chi connectivity index (χ1v) is 9.77. The smallest absolute Gasteiger partial charge is 0.254 e. The van der Waals surface area contributed by atoms with Gasteiger partial charge < -0.3 is 14.4 Å². The second kappa shape index (κ2) is 8.87. The van der Waals surface area contributed by atoms with Gasteiger partial charge in [0.2, 0.25) is 0 Å². The highest BCUT2D eigenvalue weighted by molar-refractivity contribution is 5.95. The molecule has 1 saturated heterocycles. The van der Waals surface area contributed by atoms with Crippen LogP contribution in [-0.4, -0.2) is 52.9 Å². The van der Waals surface area contributed by atoms with Crippen LogP contribution in [0, 0.1) is 0 Å². The molecule has 0 bridgehead atoms. The maximum Gasteiger partial charge on any atom is 0.254 e. The lowest BCUT2D eigenvalue weighted by atomic mass is 10.1. The first-order valence-electron chi connectivity index (χ1n) is 9.77. The number of carbonyl (C=O) groups excluding carboxylic acids is 1. The van der Waals surface area contributed by atoms with Crippen LogP contribution < -0.4 is 4.74 Å². The molecule has 7 nitrogen and oxygen atoms in total. The van der Waals surface area contributed by atoms with Gasteiger partial charge in [-0.2, -0.15) is 5.10 Å². The molecule has 7 heteroatoms. The second-order valence-corrected chi connectivity index (χ2v) is 6.94. The quantitative estimate of drug-likeness (QED) is 0.623. The summed E-state index contributed by atoms with van der Waals surface area (Å²) >= 11 is 0. The Morgan fingerprint density at radius 3 is 2.86 bits per heavy atom. The van der Waals surface area contributed by atoms with Crippen LogP contribution in [0.5, 0.6) is 5.75 Å². The van der Waals surface area contributed by atoms with Crippen molar-refractivity contribution < 1.29 is 14.3 Å². The first-order chi connectivity index (χ1) is 14.3. The SMILES string of the molecule is COCCOc1cccc(C(=O)N2CCC[C@@H]2c2nc(-c3ccccc3)n[nH]2)c1. The van der Waals surface area contributed by atoms with Gasteiger partial charge in [-0.25, -0.2) is 4.98 Å². The van der Waals surface area contributed by atoms with Gasteiger partial charge in [-0.3, -0.25) is 9.89 Å². The first kappa shape index (κ1) is 19.1. The zero-order valence-corrected chi connectivity index (χ0v) is 16.4. The summed E-state index contributed by atoms with van der Waals surface area (Å²) in [7, 11) is 1.63. The van der Waals surface area contributed by atoms with Gasteiger partial charge in [0.25, 0.3) is 5.91 Å². The van der Waals surface area contributed by atoms with Crippen molar-refractivity contribution in [3.63, 3.8) is 0 Å². The van der Waals surface area contributed by atoms with Gasteiger partial charge in [0.15, 0.2) is 5.82 Å². The van der Waals surface area contributed by atoms with E-state index in [-0.39, 0.29) is 11.9 Å². The Hall–Kier alpha value is -3.19. The van der Waals surface area contributed by atoms with Gasteiger partial charge in [-0.1, -0.05) is 36.4 Å². The van der Waals surface area contributed by atoms with E-state index in [1.165, 1.54) is 0 Å². The number of amides is 1. The van der Waals surface area contributed by atoms with Crippen molar-refractivity contribution in [2.24, 2.45) is 0 Å². The predicted octanol–water partition coefficient (Wildman–Crippen LogP) is 3.47. The molecule has 2 heterocycles. The van der Waals surface area contributed by atoms with E-state index in [2.05, 4.69) is 15.2 Å². The third kappa shape index (κ3) is 4.30. The molecule has 0 spiro atoms. The van der Waals surface area contributed by atoms with Crippen LogP contribution in [0.3, 0.4) is 0 Å². The molecule has 1 fully saturated rings. The molecular formula is C22H24N4O3. The lowest BCUT2D eigenvalue weighted by molar-refractivity contribution is 0.0729. The fourth-order valence-corrected chi connectivity index (χ4v) is 3.56. The molecule has 1 N–H and O–H groups in total. The zero-order chi connectivity index (χ0) is 20.1. The van der Waals surface area contributed by atoms with Crippen LogP contribution in [-0.2, 0) is 4.74 Å². The Morgan fingerprint density at radius 1 is 1.17 bits per heavy atom. The third-order valence-corrected chi connectivity index (χ3v) is 5.00. The van der Waals surface area contributed by atoms with Gasteiger partial charge in [-0.05, 0) is 31.0 Å².